The molecule has 1 atom stereocenters. The zero-order valence-electron chi connectivity index (χ0n) is 8.85. The number of rotatable bonds is 1. The lowest BCUT2D eigenvalue weighted by Crippen LogP contribution is -2.41. The Kier molecular flexibility index (Phi) is 2.70. The lowest BCUT2D eigenvalue weighted by molar-refractivity contribution is -0.144. The van der Waals surface area contributed by atoms with Gasteiger partial charge in [0.2, 0.25) is 11.8 Å². The van der Waals surface area contributed by atoms with E-state index >= 15 is 0 Å². The molecule has 15 heavy (non-hydrogen) atoms. The highest BCUT2D eigenvalue weighted by Gasteiger charge is 2.32. The average molecular weight is 209 g/mol. The number of hydrazone groups is 1. The number of likely N-dealkylation sites (tertiary alicyclic amines) is 1. The van der Waals surface area contributed by atoms with Crippen LogP contribution in [0, 0.1) is 5.92 Å². The van der Waals surface area contributed by atoms with Crippen LogP contribution in [0.15, 0.2) is 5.10 Å². The second kappa shape index (κ2) is 4.00. The molecule has 5 heteroatoms. The summed E-state index contributed by atoms with van der Waals surface area (Å²) in [6.45, 7) is 1.34. The molecule has 1 unspecified atom stereocenters. The Morgan fingerprint density at radius 1 is 1.53 bits per heavy atom. The lowest BCUT2D eigenvalue weighted by Gasteiger charge is -2.29. The van der Waals surface area contributed by atoms with E-state index in [0.29, 0.717) is 19.5 Å². The number of hydrogen-bond donors (Lipinski definition) is 0. The first-order valence-electron chi connectivity index (χ1n) is 5.26. The molecule has 82 valence electrons. The van der Waals surface area contributed by atoms with Gasteiger partial charge in [-0.2, -0.15) is 5.10 Å². The summed E-state index contributed by atoms with van der Waals surface area (Å²) in [6, 6.07) is 0. The number of carbonyl (C=O) groups excluding carboxylic acids is 2. The van der Waals surface area contributed by atoms with Crippen LogP contribution in [-0.4, -0.2) is 48.1 Å². The zero-order chi connectivity index (χ0) is 10.8. The van der Waals surface area contributed by atoms with Gasteiger partial charge in [0, 0.05) is 39.2 Å². The van der Waals surface area contributed by atoms with Crippen molar-refractivity contribution in [3.05, 3.63) is 0 Å². The first-order valence-corrected chi connectivity index (χ1v) is 5.26. The van der Waals surface area contributed by atoms with Crippen LogP contribution in [0.5, 0.6) is 0 Å². The second-order valence-electron chi connectivity index (χ2n) is 4.05. The molecule has 2 aliphatic heterocycles. The zero-order valence-corrected chi connectivity index (χ0v) is 8.85. The van der Waals surface area contributed by atoms with E-state index in [2.05, 4.69) is 5.10 Å². The molecule has 5 nitrogen and oxygen atoms in total. The van der Waals surface area contributed by atoms with Gasteiger partial charge in [0.25, 0.3) is 0 Å². The summed E-state index contributed by atoms with van der Waals surface area (Å²) in [6.07, 6.45) is 3.66. The third kappa shape index (κ3) is 2.00. The molecule has 0 spiro atoms. The predicted octanol–water partition coefficient (Wildman–Crippen LogP) is 0.0729. The van der Waals surface area contributed by atoms with Crippen molar-refractivity contribution in [2.45, 2.75) is 19.3 Å². The number of piperidine rings is 1. The summed E-state index contributed by atoms with van der Waals surface area (Å²) in [7, 11) is 1.77. The van der Waals surface area contributed by atoms with E-state index in [1.807, 2.05) is 0 Å². The first kappa shape index (κ1) is 10.1. The number of carbonyl (C=O) groups is 2. The van der Waals surface area contributed by atoms with Crippen molar-refractivity contribution in [2.75, 3.05) is 20.1 Å². The minimum absolute atomic E-state index is 0.00481. The van der Waals surface area contributed by atoms with Gasteiger partial charge in [-0.25, -0.2) is 5.01 Å². The van der Waals surface area contributed by atoms with E-state index in [0.717, 1.165) is 12.8 Å². The molecule has 0 bridgehead atoms. The van der Waals surface area contributed by atoms with E-state index in [-0.39, 0.29) is 17.7 Å². The van der Waals surface area contributed by atoms with E-state index < -0.39 is 0 Å². The highest BCUT2D eigenvalue weighted by molar-refractivity contribution is 5.87. The highest BCUT2D eigenvalue weighted by Crippen LogP contribution is 2.20. The fourth-order valence-electron chi connectivity index (χ4n) is 1.93. The summed E-state index contributed by atoms with van der Waals surface area (Å²) >= 11 is 0. The Morgan fingerprint density at radius 2 is 2.33 bits per heavy atom. The topological polar surface area (TPSA) is 53.0 Å². The van der Waals surface area contributed by atoms with Crippen LogP contribution in [0.4, 0.5) is 0 Å². The standard InChI is InChI=1S/C10H15N3O2/c1-12-6-3-8(7-9(12)14)10(15)13-5-2-4-11-13/h4,8H,2-3,5-7H2,1H3. The lowest BCUT2D eigenvalue weighted by atomic mass is 9.95. The molecule has 0 aromatic carbocycles. The Hall–Kier alpha value is -1.39. The van der Waals surface area contributed by atoms with Crippen LogP contribution in [0.3, 0.4) is 0 Å². The van der Waals surface area contributed by atoms with Crippen molar-refractivity contribution >= 4 is 18.0 Å². The van der Waals surface area contributed by atoms with Gasteiger partial charge in [-0.3, -0.25) is 9.59 Å². The molecule has 0 aromatic rings. The maximum absolute atomic E-state index is 11.9. The molecular weight excluding hydrogens is 194 g/mol. The van der Waals surface area contributed by atoms with Gasteiger partial charge in [-0.1, -0.05) is 0 Å². The normalized spacial score (nSPS) is 26.2. The maximum Gasteiger partial charge on any atom is 0.246 e. The summed E-state index contributed by atoms with van der Waals surface area (Å²) in [5.74, 6) is -0.100. The van der Waals surface area contributed by atoms with Crippen LogP contribution < -0.4 is 0 Å². The molecule has 2 heterocycles. The van der Waals surface area contributed by atoms with Crippen LogP contribution in [0.1, 0.15) is 19.3 Å². The third-order valence-electron chi connectivity index (χ3n) is 2.95. The Bertz CT molecular complexity index is 314. The van der Waals surface area contributed by atoms with Gasteiger partial charge in [-0.05, 0) is 6.42 Å². The summed E-state index contributed by atoms with van der Waals surface area (Å²) in [5, 5.41) is 5.48. The summed E-state index contributed by atoms with van der Waals surface area (Å²) in [4.78, 5) is 25.0. The highest BCUT2D eigenvalue weighted by atomic mass is 16.2. The molecular formula is C10H15N3O2. The van der Waals surface area contributed by atoms with Crippen LogP contribution >= 0.6 is 0 Å². The molecule has 2 rings (SSSR count). The minimum Gasteiger partial charge on any atom is -0.346 e. The quantitative estimate of drug-likeness (QED) is 0.613. The van der Waals surface area contributed by atoms with Gasteiger partial charge in [0.1, 0.15) is 0 Å². The predicted molar refractivity (Wildman–Crippen MR) is 55.2 cm³/mol. The van der Waals surface area contributed by atoms with E-state index in [1.54, 1.807) is 18.2 Å². The summed E-state index contributed by atoms with van der Waals surface area (Å²) < 4.78 is 0. The van der Waals surface area contributed by atoms with E-state index in [9.17, 15) is 9.59 Å². The van der Waals surface area contributed by atoms with Crippen molar-refractivity contribution in [1.29, 1.82) is 0 Å². The van der Waals surface area contributed by atoms with Gasteiger partial charge in [0.05, 0.1) is 5.92 Å². The fourth-order valence-corrected chi connectivity index (χ4v) is 1.93. The Balaban J connectivity index is 1.96. The molecule has 0 radical (unpaired) electrons. The maximum atomic E-state index is 11.9. The molecule has 1 fully saturated rings. The molecule has 2 aliphatic rings. The second-order valence-corrected chi connectivity index (χ2v) is 4.05. The number of hydrogen-bond acceptors (Lipinski definition) is 3. The Morgan fingerprint density at radius 3 is 2.93 bits per heavy atom. The smallest absolute Gasteiger partial charge is 0.246 e. The van der Waals surface area contributed by atoms with Crippen molar-refractivity contribution in [3.63, 3.8) is 0 Å². The number of nitrogens with zero attached hydrogens (tertiary/aromatic N) is 3. The SMILES string of the molecule is CN1CCC(C(=O)N2CCC=N2)CC1=O. The average Bonchev–Trinajstić information content (AvgIpc) is 2.74. The molecule has 0 aromatic heterocycles. The van der Waals surface area contributed by atoms with Crippen molar-refractivity contribution in [2.24, 2.45) is 11.0 Å². The van der Waals surface area contributed by atoms with Gasteiger partial charge in [0.15, 0.2) is 0 Å². The van der Waals surface area contributed by atoms with Gasteiger partial charge in [-0.15, -0.1) is 0 Å². The van der Waals surface area contributed by atoms with Crippen LogP contribution in [0.2, 0.25) is 0 Å². The minimum atomic E-state index is -0.163. The van der Waals surface area contributed by atoms with Crippen molar-refractivity contribution < 1.29 is 9.59 Å². The van der Waals surface area contributed by atoms with E-state index in [4.69, 9.17) is 0 Å². The Labute approximate surface area is 88.7 Å². The number of amides is 2. The molecule has 0 aliphatic carbocycles. The monoisotopic (exact) mass is 209 g/mol. The third-order valence-corrected chi connectivity index (χ3v) is 2.95. The largest absolute Gasteiger partial charge is 0.346 e. The van der Waals surface area contributed by atoms with Crippen LogP contribution in [0.25, 0.3) is 0 Å². The van der Waals surface area contributed by atoms with Gasteiger partial charge >= 0.3 is 0 Å². The van der Waals surface area contributed by atoms with E-state index in [1.165, 1.54) is 5.01 Å². The fraction of sp³-hybridized carbons (Fsp3) is 0.700. The van der Waals surface area contributed by atoms with Crippen molar-refractivity contribution in [1.82, 2.24) is 9.91 Å². The summed E-state index contributed by atoms with van der Waals surface area (Å²) in [5.41, 5.74) is 0. The molecule has 2 amide bonds. The van der Waals surface area contributed by atoms with Crippen molar-refractivity contribution in [3.8, 4) is 0 Å². The molecule has 0 saturated carbocycles. The van der Waals surface area contributed by atoms with Gasteiger partial charge < -0.3 is 4.90 Å². The molecule has 0 N–H and O–H groups in total. The first-order chi connectivity index (χ1) is 7.18. The van der Waals surface area contributed by atoms with Crippen LogP contribution in [-0.2, 0) is 9.59 Å². The molecule has 1 saturated heterocycles.